The van der Waals surface area contributed by atoms with E-state index in [9.17, 15) is 0 Å². The van der Waals surface area contributed by atoms with Gasteiger partial charge < -0.3 is 14.5 Å². The summed E-state index contributed by atoms with van der Waals surface area (Å²) >= 11 is 3.41. The van der Waals surface area contributed by atoms with E-state index in [1.54, 1.807) is 6.20 Å². The third-order valence-electron chi connectivity index (χ3n) is 3.01. The highest BCUT2D eigenvalue weighted by Crippen LogP contribution is 2.19. The zero-order valence-corrected chi connectivity index (χ0v) is 13.2. The number of benzene rings is 1. The summed E-state index contributed by atoms with van der Waals surface area (Å²) in [4.78, 5) is 8.75. The Bertz CT molecular complexity index is 756. The lowest BCUT2D eigenvalue weighted by atomic mass is 10.2. The van der Waals surface area contributed by atoms with Crippen LogP contribution in [0.1, 0.15) is 12.5 Å². The predicted molar refractivity (Wildman–Crippen MR) is 85.6 cm³/mol. The zero-order valence-electron chi connectivity index (χ0n) is 11.6. The third-order valence-corrected chi connectivity index (χ3v) is 3.40. The molecule has 3 rings (SSSR count). The van der Waals surface area contributed by atoms with E-state index in [1.165, 1.54) is 0 Å². The van der Waals surface area contributed by atoms with E-state index in [2.05, 4.69) is 37.3 Å². The smallest absolute Gasteiger partial charge is 0.180 e. The number of halogens is 1. The molecule has 0 aliphatic carbocycles. The lowest BCUT2D eigenvalue weighted by molar-refractivity contribution is 0.340. The molecule has 2 aromatic heterocycles. The summed E-state index contributed by atoms with van der Waals surface area (Å²) in [5.41, 5.74) is 1.94. The molecule has 0 aliphatic heterocycles. The topological polar surface area (TPSA) is 51.5 Å². The molecule has 0 radical (unpaired) electrons. The molecule has 0 bridgehead atoms. The number of fused-ring (bicyclic) bond motifs is 1. The van der Waals surface area contributed by atoms with Crippen molar-refractivity contribution < 1.29 is 4.74 Å². The van der Waals surface area contributed by atoms with Crippen molar-refractivity contribution in [3.63, 3.8) is 0 Å². The summed E-state index contributed by atoms with van der Waals surface area (Å²) in [7, 11) is 0. The number of nitrogens with zero attached hydrogens (tertiary/aromatic N) is 3. The summed E-state index contributed by atoms with van der Waals surface area (Å²) < 4.78 is 8.20. The van der Waals surface area contributed by atoms with Crippen LogP contribution in [-0.4, -0.2) is 21.0 Å². The van der Waals surface area contributed by atoms with Crippen LogP contribution in [0.4, 0.5) is 5.82 Å². The molecule has 0 unspecified atom stereocenters. The van der Waals surface area contributed by atoms with Crippen molar-refractivity contribution in [2.45, 2.75) is 13.5 Å². The molecule has 1 aromatic carbocycles. The Hall–Kier alpha value is -2.08. The highest BCUT2D eigenvalue weighted by atomic mass is 79.9. The molecular weight excluding hydrogens is 332 g/mol. The van der Waals surface area contributed by atoms with Crippen LogP contribution in [0.25, 0.3) is 5.65 Å². The van der Waals surface area contributed by atoms with E-state index < -0.39 is 0 Å². The number of hydrogen-bond donors (Lipinski definition) is 1. The molecule has 0 amide bonds. The van der Waals surface area contributed by atoms with Crippen LogP contribution in [0.2, 0.25) is 0 Å². The Balaban J connectivity index is 1.80. The van der Waals surface area contributed by atoms with E-state index in [4.69, 9.17) is 4.74 Å². The van der Waals surface area contributed by atoms with E-state index in [0.717, 1.165) is 27.4 Å². The fraction of sp³-hybridized carbons (Fsp3) is 0.200. The maximum absolute atomic E-state index is 5.51. The van der Waals surface area contributed by atoms with Gasteiger partial charge >= 0.3 is 0 Å². The molecule has 1 N–H and O–H groups in total. The molecule has 21 heavy (non-hydrogen) atoms. The van der Waals surface area contributed by atoms with Crippen molar-refractivity contribution >= 4 is 27.4 Å². The molecule has 5 nitrogen and oxygen atoms in total. The number of nitrogens with one attached hydrogen (secondary N) is 1. The first-order valence-electron chi connectivity index (χ1n) is 6.71. The Morgan fingerprint density at radius 2 is 2.29 bits per heavy atom. The van der Waals surface area contributed by atoms with Crippen LogP contribution in [0.15, 0.2) is 47.5 Å². The second-order valence-corrected chi connectivity index (χ2v) is 5.32. The summed E-state index contributed by atoms with van der Waals surface area (Å²) in [6.07, 6.45) is 5.52. The van der Waals surface area contributed by atoms with Gasteiger partial charge in [-0.05, 0) is 40.5 Å². The highest BCUT2D eigenvalue weighted by Gasteiger charge is 2.06. The fourth-order valence-corrected chi connectivity index (χ4v) is 2.52. The minimum Gasteiger partial charge on any atom is -0.494 e. The van der Waals surface area contributed by atoms with Gasteiger partial charge in [-0.25, -0.2) is 9.97 Å². The lowest BCUT2D eigenvalue weighted by Gasteiger charge is -2.09. The van der Waals surface area contributed by atoms with Crippen LogP contribution in [0.3, 0.4) is 0 Å². The first kappa shape index (κ1) is 13.9. The summed E-state index contributed by atoms with van der Waals surface area (Å²) in [5.74, 6) is 1.63. The van der Waals surface area contributed by atoms with Gasteiger partial charge in [-0.3, -0.25) is 0 Å². The molecule has 0 fully saturated rings. The molecule has 6 heteroatoms. The minimum atomic E-state index is 0.660. The average molecular weight is 347 g/mol. The monoisotopic (exact) mass is 346 g/mol. The van der Waals surface area contributed by atoms with Crippen molar-refractivity contribution in [1.82, 2.24) is 14.4 Å². The van der Waals surface area contributed by atoms with Gasteiger partial charge in [0.2, 0.25) is 0 Å². The van der Waals surface area contributed by atoms with Crippen LogP contribution in [-0.2, 0) is 6.54 Å². The number of imidazole rings is 1. The molecular formula is C15H15BrN4O. The third kappa shape index (κ3) is 3.16. The summed E-state index contributed by atoms with van der Waals surface area (Å²) in [6.45, 7) is 3.30. The molecule has 2 heterocycles. The maximum Gasteiger partial charge on any atom is 0.180 e. The van der Waals surface area contributed by atoms with Gasteiger partial charge in [0.25, 0.3) is 0 Å². The number of rotatable bonds is 5. The van der Waals surface area contributed by atoms with Crippen molar-refractivity contribution in [3.05, 3.63) is 53.0 Å². The van der Waals surface area contributed by atoms with Gasteiger partial charge in [-0.2, -0.15) is 0 Å². The Kier molecular flexibility index (Phi) is 4.06. The molecule has 0 spiro atoms. The van der Waals surface area contributed by atoms with Crippen molar-refractivity contribution in [2.24, 2.45) is 0 Å². The second-order valence-electron chi connectivity index (χ2n) is 4.50. The molecule has 3 aromatic rings. The Morgan fingerprint density at radius 3 is 3.14 bits per heavy atom. The Labute approximate surface area is 131 Å². The summed E-state index contributed by atoms with van der Waals surface area (Å²) in [6, 6.07) is 8.02. The van der Waals surface area contributed by atoms with Gasteiger partial charge in [0, 0.05) is 25.1 Å². The van der Waals surface area contributed by atoms with Gasteiger partial charge in [-0.15, -0.1) is 0 Å². The number of hydrogen-bond acceptors (Lipinski definition) is 4. The van der Waals surface area contributed by atoms with Crippen LogP contribution < -0.4 is 10.1 Å². The number of aromatic nitrogens is 3. The SMILES string of the molecule is CCOc1cccc(CNc2nc(Br)cn3ccnc23)c1. The van der Waals surface area contributed by atoms with Crippen LogP contribution in [0, 0.1) is 0 Å². The quantitative estimate of drug-likeness (QED) is 0.768. The molecule has 0 saturated heterocycles. The maximum atomic E-state index is 5.51. The van der Waals surface area contributed by atoms with Gasteiger partial charge in [0.15, 0.2) is 11.5 Å². The van der Waals surface area contributed by atoms with Gasteiger partial charge in [0.05, 0.1) is 6.61 Å². The zero-order chi connectivity index (χ0) is 14.7. The Morgan fingerprint density at radius 1 is 1.38 bits per heavy atom. The molecule has 0 saturated carbocycles. The van der Waals surface area contributed by atoms with Gasteiger partial charge in [-0.1, -0.05) is 12.1 Å². The van der Waals surface area contributed by atoms with Crippen LogP contribution >= 0.6 is 15.9 Å². The second kappa shape index (κ2) is 6.13. The largest absolute Gasteiger partial charge is 0.494 e. The average Bonchev–Trinajstić information content (AvgIpc) is 2.93. The van der Waals surface area contributed by atoms with Crippen molar-refractivity contribution in [3.8, 4) is 5.75 Å². The summed E-state index contributed by atoms with van der Waals surface area (Å²) in [5, 5.41) is 3.32. The predicted octanol–water partition coefficient (Wildman–Crippen LogP) is 3.50. The fourth-order valence-electron chi connectivity index (χ4n) is 2.12. The lowest BCUT2D eigenvalue weighted by Crippen LogP contribution is -2.04. The van der Waals surface area contributed by atoms with E-state index >= 15 is 0 Å². The van der Waals surface area contributed by atoms with E-state index in [0.29, 0.717) is 13.2 Å². The first-order chi connectivity index (χ1) is 10.3. The molecule has 108 valence electrons. The minimum absolute atomic E-state index is 0.660. The normalized spacial score (nSPS) is 10.8. The van der Waals surface area contributed by atoms with E-state index in [-0.39, 0.29) is 0 Å². The van der Waals surface area contributed by atoms with Crippen molar-refractivity contribution in [1.29, 1.82) is 0 Å². The van der Waals surface area contributed by atoms with Gasteiger partial charge in [0.1, 0.15) is 10.4 Å². The number of ether oxygens (including phenoxy) is 1. The molecule has 0 atom stereocenters. The first-order valence-corrected chi connectivity index (χ1v) is 7.50. The van der Waals surface area contributed by atoms with Crippen LogP contribution in [0.5, 0.6) is 5.75 Å². The highest BCUT2D eigenvalue weighted by molar-refractivity contribution is 9.10. The standard InChI is InChI=1S/C15H15BrN4O/c1-2-21-12-5-3-4-11(8-12)9-18-14-15-17-6-7-20(15)10-13(16)19-14/h3-8,10H,2,9H2,1H3,(H,18,19). The van der Waals surface area contributed by atoms with Crippen molar-refractivity contribution in [2.75, 3.05) is 11.9 Å². The molecule has 0 aliphatic rings. The van der Waals surface area contributed by atoms with E-state index in [1.807, 2.05) is 41.9 Å². The number of anilines is 1.